The number of hydrogen-bond donors (Lipinski definition) is 1. The van der Waals surface area contributed by atoms with Gasteiger partial charge in [-0.05, 0) is 24.6 Å². The van der Waals surface area contributed by atoms with Crippen LogP contribution in [-0.2, 0) is 13.2 Å². The smallest absolute Gasteiger partial charge is 0.128 e. The second kappa shape index (κ2) is 5.85. The molecule has 0 bridgehead atoms. The minimum Gasteiger partial charge on any atom is -0.488 e. The Morgan fingerprint density at radius 3 is 2.89 bits per heavy atom. The van der Waals surface area contributed by atoms with Gasteiger partial charge in [0.15, 0.2) is 0 Å². The van der Waals surface area contributed by atoms with Crippen molar-refractivity contribution in [2.24, 2.45) is 0 Å². The number of rotatable bonds is 4. The molecule has 0 aliphatic rings. The predicted molar refractivity (Wildman–Crippen MR) is 70.7 cm³/mol. The molecule has 0 atom stereocenters. The summed E-state index contributed by atoms with van der Waals surface area (Å²) in [6.07, 6.45) is 1.63. The molecule has 0 saturated carbocycles. The van der Waals surface area contributed by atoms with E-state index in [-0.39, 0.29) is 6.61 Å². The highest BCUT2D eigenvalue weighted by molar-refractivity contribution is 6.30. The number of benzene rings is 1. The molecule has 94 valence electrons. The lowest BCUT2D eigenvalue weighted by molar-refractivity contribution is 0.258. The molecule has 0 radical (unpaired) electrons. The molecule has 1 N–H and O–H groups in total. The van der Waals surface area contributed by atoms with Gasteiger partial charge in [0.25, 0.3) is 0 Å². The Morgan fingerprint density at radius 1 is 1.33 bits per heavy atom. The lowest BCUT2D eigenvalue weighted by Gasteiger charge is -2.10. The minimum absolute atomic E-state index is 0.0852. The van der Waals surface area contributed by atoms with Crippen LogP contribution in [0.4, 0.5) is 0 Å². The summed E-state index contributed by atoms with van der Waals surface area (Å²) in [6.45, 7) is 2.21. The second-order valence-electron chi connectivity index (χ2n) is 4.01. The van der Waals surface area contributed by atoms with Crippen molar-refractivity contribution in [2.45, 2.75) is 20.1 Å². The summed E-state index contributed by atoms with van der Waals surface area (Å²) in [7, 11) is 0. The molecular weight excluding hydrogens is 250 g/mol. The third-order valence-corrected chi connectivity index (χ3v) is 2.77. The number of nitrogens with zero attached hydrogens (tertiary/aromatic N) is 1. The zero-order valence-corrected chi connectivity index (χ0v) is 10.8. The number of aliphatic hydroxyl groups excluding tert-OH is 1. The first-order valence-corrected chi connectivity index (χ1v) is 6.00. The van der Waals surface area contributed by atoms with E-state index in [9.17, 15) is 5.11 Å². The van der Waals surface area contributed by atoms with Crippen LogP contribution in [0.5, 0.6) is 5.75 Å². The molecule has 0 aliphatic carbocycles. The van der Waals surface area contributed by atoms with Gasteiger partial charge < -0.3 is 9.84 Å². The van der Waals surface area contributed by atoms with E-state index in [1.807, 2.05) is 37.3 Å². The van der Waals surface area contributed by atoms with Gasteiger partial charge in [-0.15, -0.1) is 0 Å². The zero-order valence-electron chi connectivity index (χ0n) is 10.1. The van der Waals surface area contributed by atoms with Crippen LogP contribution in [0, 0.1) is 6.92 Å². The average Bonchev–Trinajstić information content (AvgIpc) is 2.37. The molecule has 1 aromatic carbocycles. The maximum absolute atomic E-state index is 9.21. The highest BCUT2D eigenvalue weighted by Gasteiger charge is 2.04. The molecule has 2 rings (SSSR count). The van der Waals surface area contributed by atoms with E-state index >= 15 is 0 Å². The van der Waals surface area contributed by atoms with Gasteiger partial charge in [-0.2, -0.15) is 0 Å². The number of aryl methyl sites for hydroxylation is 1. The molecule has 0 unspecified atom stereocenters. The summed E-state index contributed by atoms with van der Waals surface area (Å²) in [4.78, 5) is 4.12. The van der Waals surface area contributed by atoms with Gasteiger partial charge >= 0.3 is 0 Å². The van der Waals surface area contributed by atoms with E-state index in [4.69, 9.17) is 16.3 Å². The predicted octanol–water partition coefficient (Wildman–Crippen LogP) is 3.11. The van der Waals surface area contributed by atoms with Gasteiger partial charge in [-0.25, -0.2) is 0 Å². The third kappa shape index (κ3) is 3.22. The number of aromatic nitrogens is 1. The molecule has 0 aliphatic heterocycles. The van der Waals surface area contributed by atoms with Gasteiger partial charge in [0.2, 0.25) is 0 Å². The Morgan fingerprint density at radius 2 is 2.17 bits per heavy atom. The minimum atomic E-state index is -0.0852. The molecule has 3 nitrogen and oxygen atoms in total. The Hall–Kier alpha value is -1.58. The summed E-state index contributed by atoms with van der Waals surface area (Å²) < 4.78 is 5.69. The topological polar surface area (TPSA) is 42.4 Å². The van der Waals surface area contributed by atoms with Crippen LogP contribution in [0.1, 0.15) is 16.8 Å². The van der Waals surface area contributed by atoms with E-state index in [2.05, 4.69) is 4.98 Å². The molecule has 0 amide bonds. The molecule has 0 saturated heterocycles. The van der Waals surface area contributed by atoms with Crippen molar-refractivity contribution < 1.29 is 9.84 Å². The van der Waals surface area contributed by atoms with Gasteiger partial charge in [-0.1, -0.05) is 23.7 Å². The Labute approximate surface area is 111 Å². The van der Waals surface area contributed by atoms with Crippen molar-refractivity contribution in [1.82, 2.24) is 4.98 Å². The third-order valence-electron chi connectivity index (χ3n) is 2.53. The molecular formula is C14H14ClNO2. The van der Waals surface area contributed by atoms with E-state index in [1.165, 1.54) is 0 Å². The standard InChI is InChI=1S/C14H14ClNO2/c1-10-5-14(12(8-17)7-16-10)18-9-11-3-2-4-13(15)6-11/h2-7,17H,8-9H2,1H3. The fourth-order valence-corrected chi connectivity index (χ4v) is 1.82. The summed E-state index contributed by atoms with van der Waals surface area (Å²) in [5.74, 6) is 0.657. The Balaban J connectivity index is 2.12. The largest absolute Gasteiger partial charge is 0.488 e. The van der Waals surface area contributed by atoms with E-state index in [1.54, 1.807) is 6.20 Å². The summed E-state index contributed by atoms with van der Waals surface area (Å²) in [5, 5.41) is 9.89. The summed E-state index contributed by atoms with van der Waals surface area (Å²) in [6, 6.07) is 9.31. The SMILES string of the molecule is Cc1cc(OCc2cccc(Cl)c2)c(CO)cn1. The number of ether oxygens (including phenoxy) is 1. The summed E-state index contributed by atoms with van der Waals surface area (Å²) in [5.41, 5.74) is 2.52. The average molecular weight is 264 g/mol. The van der Waals surface area contributed by atoms with Gasteiger partial charge in [0, 0.05) is 28.5 Å². The van der Waals surface area contributed by atoms with E-state index < -0.39 is 0 Å². The van der Waals surface area contributed by atoms with Crippen LogP contribution in [-0.4, -0.2) is 10.1 Å². The van der Waals surface area contributed by atoms with Gasteiger partial charge in [0.1, 0.15) is 12.4 Å². The second-order valence-corrected chi connectivity index (χ2v) is 4.45. The first-order valence-electron chi connectivity index (χ1n) is 5.62. The molecule has 0 fully saturated rings. The monoisotopic (exact) mass is 263 g/mol. The van der Waals surface area contributed by atoms with Crippen molar-refractivity contribution in [3.05, 3.63) is 58.4 Å². The Kier molecular flexibility index (Phi) is 4.18. The highest BCUT2D eigenvalue weighted by atomic mass is 35.5. The first-order chi connectivity index (χ1) is 8.69. The summed E-state index contributed by atoms with van der Waals surface area (Å²) >= 11 is 5.90. The van der Waals surface area contributed by atoms with E-state index in [0.717, 1.165) is 11.3 Å². The molecule has 4 heteroatoms. The molecule has 18 heavy (non-hydrogen) atoms. The van der Waals surface area contributed by atoms with Crippen molar-refractivity contribution in [3.63, 3.8) is 0 Å². The number of hydrogen-bond acceptors (Lipinski definition) is 3. The quantitative estimate of drug-likeness (QED) is 0.922. The number of halogens is 1. The van der Waals surface area contributed by atoms with E-state index in [0.29, 0.717) is 22.9 Å². The maximum atomic E-state index is 9.21. The Bertz CT molecular complexity index is 543. The van der Waals surface area contributed by atoms with Crippen molar-refractivity contribution in [2.75, 3.05) is 0 Å². The number of aliphatic hydroxyl groups is 1. The molecule has 1 heterocycles. The van der Waals surface area contributed by atoms with Gasteiger partial charge in [-0.3, -0.25) is 4.98 Å². The number of pyridine rings is 1. The van der Waals surface area contributed by atoms with Gasteiger partial charge in [0.05, 0.1) is 6.61 Å². The van der Waals surface area contributed by atoms with Crippen molar-refractivity contribution in [3.8, 4) is 5.75 Å². The van der Waals surface area contributed by atoms with Crippen molar-refractivity contribution >= 4 is 11.6 Å². The van der Waals surface area contributed by atoms with Crippen LogP contribution in [0.25, 0.3) is 0 Å². The molecule has 0 spiro atoms. The highest BCUT2D eigenvalue weighted by Crippen LogP contribution is 2.20. The van der Waals surface area contributed by atoms with Crippen LogP contribution >= 0.6 is 11.6 Å². The molecule has 2 aromatic rings. The van der Waals surface area contributed by atoms with Crippen LogP contribution < -0.4 is 4.74 Å². The van der Waals surface area contributed by atoms with Crippen molar-refractivity contribution in [1.29, 1.82) is 0 Å². The zero-order chi connectivity index (χ0) is 13.0. The fraction of sp³-hybridized carbons (Fsp3) is 0.214. The maximum Gasteiger partial charge on any atom is 0.128 e. The normalized spacial score (nSPS) is 10.4. The lowest BCUT2D eigenvalue weighted by atomic mass is 10.2. The van der Waals surface area contributed by atoms with Crippen LogP contribution in [0.15, 0.2) is 36.5 Å². The molecule has 1 aromatic heterocycles. The fourth-order valence-electron chi connectivity index (χ4n) is 1.60. The van der Waals surface area contributed by atoms with Crippen LogP contribution in [0.3, 0.4) is 0 Å². The lowest BCUT2D eigenvalue weighted by Crippen LogP contribution is -2.00. The first kappa shape index (κ1) is 12.9. The van der Waals surface area contributed by atoms with Crippen LogP contribution in [0.2, 0.25) is 5.02 Å².